The van der Waals surface area contributed by atoms with Crippen molar-refractivity contribution >= 4 is 35.1 Å². The predicted molar refractivity (Wildman–Crippen MR) is 110 cm³/mol. The number of ether oxygens (including phenoxy) is 1. The molecule has 1 aliphatic carbocycles. The minimum atomic E-state index is -0.952. The number of rotatable bonds is 3. The smallest absolute Gasteiger partial charge is 0.322 e. The molecule has 3 aliphatic rings. The highest BCUT2D eigenvalue weighted by molar-refractivity contribution is 6.08. The van der Waals surface area contributed by atoms with E-state index in [-0.39, 0.29) is 33.7 Å². The number of nitrogens with one attached hydrogen (secondary N) is 3. The number of imide groups is 1. The van der Waals surface area contributed by atoms with E-state index in [4.69, 9.17) is 4.74 Å². The molecule has 9 heteroatoms. The van der Waals surface area contributed by atoms with E-state index in [0.717, 1.165) is 11.1 Å². The monoisotopic (exact) mass is 410 g/mol. The molecule has 1 fully saturated rings. The fourth-order valence-electron chi connectivity index (χ4n) is 4.20. The van der Waals surface area contributed by atoms with E-state index in [1.54, 1.807) is 36.4 Å². The zero-order chi connectivity index (χ0) is 20.9. The summed E-state index contributed by atoms with van der Waals surface area (Å²) in [6.07, 6.45) is 0.770. The normalized spacial score (nSPS) is 21.6. The first-order valence-electron chi connectivity index (χ1n) is 9.51. The van der Waals surface area contributed by atoms with Gasteiger partial charge in [-0.1, -0.05) is 18.2 Å². The number of fused-ring (bicyclic) bond motifs is 2. The number of amides is 5. The third kappa shape index (κ3) is 2.95. The van der Waals surface area contributed by atoms with Gasteiger partial charge in [0.05, 0.1) is 5.69 Å². The predicted octanol–water partition coefficient (Wildman–Crippen LogP) is 1.22. The van der Waals surface area contributed by atoms with Gasteiger partial charge in [0.15, 0.2) is 6.61 Å². The number of benzene rings is 2. The van der Waals surface area contributed by atoms with Gasteiger partial charge < -0.3 is 15.4 Å². The van der Waals surface area contributed by atoms with Crippen molar-refractivity contribution in [2.75, 3.05) is 23.4 Å². The van der Waals surface area contributed by atoms with Gasteiger partial charge in [-0.2, -0.15) is 0 Å². The average Bonchev–Trinajstić information content (AvgIpc) is 3.21. The van der Waals surface area contributed by atoms with Crippen LogP contribution >= 0.6 is 0 Å². The molecule has 1 spiro atoms. The lowest BCUT2D eigenvalue weighted by molar-refractivity contribution is -0.124. The largest absolute Gasteiger partial charge is 0.482 e. The molecule has 9 nitrogen and oxygen atoms in total. The van der Waals surface area contributed by atoms with Crippen molar-refractivity contribution in [1.82, 2.24) is 10.6 Å². The molecule has 0 aromatic heterocycles. The van der Waals surface area contributed by atoms with Crippen LogP contribution < -0.4 is 25.6 Å². The van der Waals surface area contributed by atoms with Crippen LogP contribution in [0.1, 0.15) is 14.0 Å². The summed E-state index contributed by atoms with van der Waals surface area (Å²) in [6, 6.07) is 12.0. The maximum Gasteiger partial charge on any atom is 0.322 e. The van der Waals surface area contributed by atoms with Gasteiger partial charge in [0, 0.05) is 21.4 Å². The van der Waals surface area contributed by atoms with E-state index in [2.05, 4.69) is 16.0 Å². The maximum atomic E-state index is 12.6. The molecule has 5 amide bonds. The summed E-state index contributed by atoms with van der Waals surface area (Å²) in [7, 11) is 0. The summed E-state index contributed by atoms with van der Waals surface area (Å²) in [4.78, 5) is 50.0. The lowest BCUT2D eigenvalue weighted by Gasteiger charge is -2.28. The second kappa shape index (κ2) is 6.58. The molecule has 5 rings (SSSR count). The van der Waals surface area contributed by atoms with E-state index in [1.165, 1.54) is 4.90 Å². The van der Waals surface area contributed by atoms with Crippen molar-refractivity contribution in [3.63, 3.8) is 0 Å². The molecule has 1 atom stereocenters. The Morgan fingerprint density at radius 2 is 1.93 bits per heavy atom. The molecule has 1 saturated heterocycles. The zero-order valence-corrected chi connectivity index (χ0v) is 15.9. The Morgan fingerprint density at radius 1 is 1.13 bits per heavy atom. The Morgan fingerprint density at radius 3 is 2.73 bits per heavy atom. The van der Waals surface area contributed by atoms with Crippen LogP contribution in [-0.4, -0.2) is 42.4 Å². The Balaban J connectivity index is 0.00000144. The molecule has 30 heavy (non-hydrogen) atoms. The van der Waals surface area contributed by atoms with Gasteiger partial charge in [0.2, 0.25) is 5.91 Å². The fraction of sp³-hybridized carbons (Fsp3) is 0.238. The van der Waals surface area contributed by atoms with Gasteiger partial charge in [-0.3, -0.25) is 24.6 Å². The first kappa shape index (κ1) is 18.2. The second-order valence-electron chi connectivity index (χ2n) is 7.61. The SMILES string of the molecule is O=C(CN1C(=O)COc2ccccc21)Nc1ccc2c(c1)CC1(C2)NC(=O)NC1=O.[HH].[HH]. The summed E-state index contributed by atoms with van der Waals surface area (Å²) in [6.45, 7) is -0.252. The summed E-state index contributed by atoms with van der Waals surface area (Å²) < 4.78 is 5.39. The lowest BCUT2D eigenvalue weighted by Crippen LogP contribution is -2.47. The third-order valence-electron chi connectivity index (χ3n) is 5.60. The number of hydrogen-bond acceptors (Lipinski definition) is 5. The number of para-hydroxylation sites is 2. The topological polar surface area (TPSA) is 117 Å². The van der Waals surface area contributed by atoms with Crippen LogP contribution in [0.4, 0.5) is 16.2 Å². The van der Waals surface area contributed by atoms with Gasteiger partial charge in [0.1, 0.15) is 17.8 Å². The summed E-state index contributed by atoms with van der Waals surface area (Å²) in [5.74, 6) is -0.411. The van der Waals surface area contributed by atoms with E-state index in [9.17, 15) is 19.2 Å². The quantitative estimate of drug-likeness (QED) is 0.658. The van der Waals surface area contributed by atoms with Crippen LogP contribution in [0.5, 0.6) is 5.75 Å². The molecule has 2 heterocycles. The van der Waals surface area contributed by atoms with Crippen molar-refractivity contribution in [3.8, 4) is 5.75 Å². The maximum absolute atomic E-state index is 12.6. The molecule has 0 saturated carbocycles. The molecule has 2 aliphatic heterocycles. The van der Waals surface area contributed by atoms with E-state index < -0.39 is 11.6 Å². The van der Waals surface area contributed by atoms with E-state index in [1.807, 2.05) is 6.07 Å². The Kier molecular flexibility index (Phi) is 3.99. The number of nitrogens with zero attached hydrogens (tertiary/aromatic N) is 1. The molecule has 0 bridgehead atoms. The highest BCUT2D eigenvalue weighted by Gasteiger charge is 2.50. The van der Waals surface area contributed by atoms with Crippen molar-refractivity contribution in [2.24, 2.45) is 0 Å². The van der Waals surface area contributed by atoms with Crippen LogP contribution in [-0.2, 0) is 27.2 Å². The van der Waals surface area contributed by atoms with Crippen molar-refractivity contribution in [2.45, 2.75) is 18.4 Å². The molecule has 2 aromatic rings. The standard InChI is InChI=1S/C21H18N4O5.2H2/c26-17(10-25-15-3-1-2-4-16(15)30-11-18(25)27)22-14-6-5-12-8-21(9-13(12)7-14)19(28)23-20(29)24-21;;/h1-7H,8-11H2,(H,22,26)(H2,23,24,28,29);2*1H. The fourth-order valence-corrected chi connectivity index (χ4v) is 4.20. The van der Waals surface area contributed by atoms with Crippen molar-refractivity contribution < 1.29 is 26.8 Å². The molecular weight excluding hydrogens is 388 g/mol. The molecule has 2 aromatic carbocycles. The zero-order valence-electron chi connectivity index (χ0n) is 15.9. The minimum Gasteiger partial charge on any atom is -0.482 e. The molecule has 0 radical (unpaired) electrons. The molecule has 1 unspecified atom stereocenters. The number of urea groups is 1. The van der Waals surface area contributed by atoms with Gasteiger partial charge >= 0.3 is 6.03 Å². The molecule has 3 N–H and O–H groups in total. The lowest BCUT2D eigenvalue weighted by atomic mass is 9.96. The van der Waals surface area contributed by atoms with Crippen LogP contribution in [0, 0.1) is 0 Å². The number of carbonyl (C=O) groups excluding carboxylic acids is 4. The Hall–Kier alpha value is -3.88. The van der Waals surface area contributed by atoms with Gasteiger partial charge in [-0.15, -0.1) is 0 Å². The number of hydrogen-bond donors (Lipinski definition) is 3. The third-order valence-corrected chi connectivity index (χ3v) is 5.60. The highest BCUT2D eigenvalue weighted by atomic mass is 16.5. The van der Waals surface area contributed by atoms with Gasteiger partial charge in [0.25, 0.3) is 11.8 Å². The van der Waals surface area contributed by atoms with Crippen LogP contribution in [0.3, 0.4) is 0 Å². The summed E-state index contributed by atoms with van der Waals surface area (Å²) in [5.41, 5.74) is 2.00. The second-order valence-corrected chi connectivity index (χ2v) is 7.61. The Bertz CT molecular complexity index is 1130. The van der Waals surface area contributed by atoms with Crippen molar-refractivity contribution in [3.05, 3.63) is 53.6 Å². The first-order valence-corrected chi connectivity index (χ1v) is 9.51. The molecular formula is C21H22N4O5. The number of carbonyl (C=O) groups is 4. The van der Waals surface area contributed by atoms with Crippen molar-refractivity contribution in [1.29, 1.82) is 0 Å². The van der Waals surface area contributed by atoms with E-state index >= 15 is 0 Å². The van der Waals surface area contributed by atoms with Gasteiger partial charge in [-0.25, -0.2) is 4.79 Å². The van der Waals surface area contributed by atoms with Gasteiger partial charge in [-0.05, 0) is 35.4 Å². The van der Waals surface area contributed by atoms with Crippen LogP contribution in [0.2, 0.25) is 0 Å². The first-order chi connectivity index (χ1) is 14.4. The Labute approximate surface area is 174 Å². The summed E-state index contributed by atoms with van der Waals surface area (Å²) >= 11 is 0. The minimum absolute atomic E-state index is 0. The summed E-state index contributed by atoms with van der Waals surface area (Å²) in [5, 5.41) is 7.80. The van der Waals surface area contributed by atoms with Crippen LogP contribution in [0.25, 0.3) is 0 Å². The number of anilines is 2. The van der Waals surface area contributed by atoms with E-state index in [0.29, 0.717) is 30.0 Å². The molecule has 156 valence electrons. The highest BCUT2D eigenvalue weighted by Crippen LogP contribution is 2.34. The average molecular weight is 410 g/mol. The van der Waals surface area contributed by atoms with Crippen LogP contribution in [0.15, 0.2) is 42.5 Å².